The van der Waals surface area contributed by atoms with E-state index in [1.54, 1.807) is 0 Å². The molecule has 0 saturated heterocycles. The SMILES string of the molecule is CN(C(CC(=N)N)c1ccccc1)C1CCCCC1O. The van der Waals surface area contributed by atoms with E-state index in [9.17, 15) is 5.11 Å². The minimum absolute atomic E-state index is 0.0615. The van der Waals surface area contributed by atoms with Crippen LogP contribution in [0.4, 0.5) is 0 Å². The Morgan fingerprint density at radius 1 is 1.35 bits per heavy atom. The second kappa shape index (κ2) is 6.86. The molecule has 3 unspecified atom stereocenters. The van der Waals surface area contributed by atoms with Crippen molar-refractivity contribution in [1.82, 2.24) is 4.90 Å². The lowest BCUT2D eigenvalue weighted by molar-refractivity contribution is 0.0133. The van der Waals surface area contributed by atoms with Gasteiger partial charge in [0.05, 0.1) is 11.9 Å². The number of nitrogens with zero attached hydrogens (tertiary/aromatic N) is 1. The van der Waals surface area contributed by atoms with Crippen LogP contribution in [-0.2, 0) is 0 Å². The number of benzene rings is 1. The number of amidine groups is 1. The van der Waals surface area contributed by atoms with Crippen LogP contribution in [0.1, 0.15) is 43.7 Å². The number of aliphatic hydroxyl groups excluding tert-OH is 1. The number of nitrogens with two attached hydrogens (primary N) is 1. The van der Waals surface area contributed by atoms with Gasteiger partial charge in [-0.1, -0.05) is 43.2 Å². The topological polar surface area (TPSA) is 73.3 Å². The Labute approximate surface area is 121 Å². The molecule has 0 radical (unpaired) electrons. The summed E-state index contributed by atoms with van der Waals surface area (Å²) in [5, 5.41) is 17.9. The third kappa shape index (κ3) is 3.58. The predicted octanol–water partition coefficient (Wildman–Crippen LogP) is 2.29. The van der Waals surface area contributed by atoms with Gasteiger partial charge in [-0.05, 0) is 25.5 Å². The molecule has 20 heavy (non-hydrogen) atoms. The van der Waals surface area contributed by atoms with Gasteiger partial charge in [0.2, 0.25) is 0 Å². The Morgan fingerprint density at radius 3 is 2.60 bits per heavy atom. The van der Waals surface area contributed by atoms with Gasteiger partial charge in [-0.25, -0.2) is 0 Å². The van der Waals surface area contributed by atoms with E-state index < -0.39 is 0 Å². The molecule has 4 nitrogen and oxygen atoms in total. The minimum Gasteiger partial charge on any atom is -0.391 e. The zero-order valence-corrected chi connectivity index (χ0v) is 12.1. The van der Waals surface area contributed by atoms with Crippen LogP contribution in [-0.4, -0.2) is 35.0 Å². The summed E-state index contributed by atoms with van der Waals surface area (Å²) in [6.45, 7) is 0. The van der Waals surface area contributed by atoms with Crippen LogP contribution in [0.25, 0.3) is 0 Å². The highest BCUT2D eigenvalue weighted by Crippen LogP contribution is 2.31. The van der Waals surface area contributed by atoms with Crippen LogP contribution in [0.15, 0.2) is 30.3 Å². The first kappa shape index (κ1) is 15.0. The molecule has 1 aliphatic rings. The van der Waals surface area contributed by atoms with Crippen LogP contribution in [0.3, 0.4) is 0 Å². The summed E-state index contributed by atoms with van der Waals surface area (Å²) >= 11 is 0. The van der Waals surface area contributed by atoms with Crippen LogP contribution < -0.4 is 5.73 Å². The van der Waals surface area contributed by atoms with Crippen molar-refractivity contribution in [2.24, 2.45) is 5.73 Å². The first-order valence-corrected chi connectivity index (χ1v) is 7.37. The van der Waals surface area contributed by atoms with E-state index in [0.717, 1.165) is 31.2 Å². The highest BCUT2D eigenvalue weighted by Gasteiger charge is 2.31. The minimum atomic E-state index is -0.271. The predicted molar refractivity (Wildman–Crippen MR) is 81.7 cm³/mol. The fourth-order valence-electron chi connectivity index (χ4n) is 3.18. The van der Waals surface area contributed by atoms with Crippen LogP contribution in [0.5, 0.6) is 0 Å². The van der Waals surface area contributed by atoms with E-state index in [1.165, 1.54) is 0 Å². The molecule has 4 N–H and O–H groups in total. The average molecular weight is 275 g/mol. The van der Waals surface area contributed by atoms with Gasteiger partial charge in [0.15, 0.2) is 0 Å². The van der Waals surface area contributed by atoms with Crippen LogP contribution >= 0.6 is 0 Å². The van der Waals surface area contributed by atoms with Crippen LogP contribution in [0, 0.1) is 5.41 Å². The first-order chi connectivity index (χ1) is 9.59. The summed E-state index contributed by atoms with van der Waals surface area (Å²) in [5.74, 6) is 0.191. The van der Waals surface area contributed by atoms with Crippen molar-refractivity contribution in [3.05, 3.63) is 35.9 Å². The van der Waals surface area contributed by atoms with E-state index in [4.69, 9.17) is 11.1 Å². The third-order valence-electron chi connectivity index (χ3n) is 4.31. The van der Waals surface area contributed by atoms with Crippen molar-refractivity contribution in [3.8, 4) is 0 Å². The molecule has 0 bridgehead atoms. The normalized spacial score (nSPS) is 24.6. The number of likely N-dealkylation sites (N-methyl/N-ethyl adjacent to an activating group) is 1. The highest BCUT2D eigenvalue weighted by molar-refractivity contribution is 5.77. The fraction of sp³-hybridized carbons (Fsp3) is 0.562. The summed E-state index contributed by atoms with van der Waals surface area (Å²) in [7, 11) is 2.04. The molecular weight excluding hydrogens is 250 g/mol. The lowest BCUT2D eigenvalue weighted by atomic mass is 9.89. The maximum atomic E-state index is 10.2. The highest BCUT2D eigenvalue weighted by atomic mass is 16.3. The first-order valence-electron chi connectivity index (χ1n) is 7.37. The molecule has 1 fully saturated rings. The molecule has 0 amide bonds. The fourth-order valence-corrected chi connectivity index (χ4v) is 3.18. The number of aliphatic hydroxyl groups is 1. The van der Waals surface area contributed by atoms with Gasteiger partial charge in [0.25, 0.3) is 0 Å². The summed E-state index contributed by atoms with van der Waals surface area (Å²) in [6, 6.07) is 10.4. The third-order valence-corrected chi connectivity index (χ3v) is 4.31. The molecule has 110 valence electrons. The Hall–Kier alpha value is -1.39. The standard InChI is InChI=1S/C16H25N3O/c1-19(13-9-5-6-10-15(13)20)14(11-16(17)18)12-7-3-2-4-8-12/h2-4,7-8,13-15,20H,5-6,9-11H2,1H3,(H3,17,18). The molecule has 0 aromatic heterocycles. The van der Waals surface area contributed by atoms with Gasteiger partial charge in [0.1, 0.15) is 0 Å². The van der Waals surface area contributed by atoms with Crippen LogP contribution in [0.2, 0.25) is 0 Å². The largest absolute Gasteiger partial charge is 0.391 e. The molecule has 3 atom stereocenters. The van der Waals surface area contributed by atoms with Crippen molar-refractivity contribution in [3.63, 3.8) is 0 Å². The number of hydrogen-bond donors (Lipinski definition) is 3. The molecule has 2 rings (SSSR count). The van der Waals surface area contributed by atoms with E-state index in [2.05, 4.69) is 17.0 Å². The molecule has 1 aliphatic carbocycles. The van der Waals surface area contributed by atoms with Gasteiger partial charge in [-0.3, -0.25) is 10.3 Å². The zero-order valence-electron chi connectivity index (χ0n) is 12.1. The molecular formula is C16H25N3O. The van der Waals surface area contributed by atoms with Crippen molar-refractivity contribution in [2.45, 2.75) is 50.3 Å². The Kier molecular flexibility index (Phi) is 5.15. The van der Waals surface area contributed by atoms with Crippen molar-refractivity contribution in [2.75, 3.05) is 7.05 Å². The van der Waals surface area contributed by atoms with Gasteiger partial charge in [-0.2, -0.15) is 0 Å². The summed E-state index contributed by atoms with van der Waals surface area (Å²) < 4.78 is 0. The lowest BCUT2D eigenvalue weighted by Gasteiger charge is -2.40. The average Bonchev–Trinajstić information content (AvgIpc) is 2.45. The van der Waals surface area contributed by atoms with Crippen molar-refractivity contribution < 1.29 is 5.11 Å². The van der Waals surface area contributed by atoms with Gasteiger partial charge in [0, 0.05) is 18.5 Å². The smallest absolute Gasteiger partial charge is 0.0924 e. The monoisotopic (exact) mass is 275 g/mol. The van der Waals surface area contributed by atoms with Gasteiger partial charge < -0.3 is 10.8 Å². The number of nitrogens with one attached hydrogen (secondary N) is 1. The molecule has 1 aromatic carbocycles. The number of rotatable bonds is 5. The summed E-state index contributed by atoms with van der Waals surface area (Å²) in [4.78, 5) is 2.21. The maximum absolute atomic E-state index is 10.2. The molecule has 0 aliphatic heterocycles. The molecule has 0 heterocycles. The summed E-state index contributed by atoms with van der Waals surface area (Å²) in [5.41, 5.74) is 6.78. The quantitative estimate of drug-likeness (QED) is 0.570. The lowest BCUT2D eigenvalue weighted by Crippen LogP contribution is -2.45. The Balaban J connectivity index is 2.19. The van der Waals surface area contributed by atoms with E-state index >= 15 is 0 Å². The summed E-state index contributed by atoms with van der Waals surface area (Å²) in [6.07, 6.45) is 4.38. The number of hydrogen-bond acceptors (Lipinski definition) is 3. The van der Waals surface area contributed by atoms with Crippen molar-refractivity contribution in [1.29, 1.82) is 5.41 Å². The van der Waals surface area contributed by atoms with E-state index in [1.807, 2.05) is 25.2 Å². The molecule has 4 heteroatoms. The second-order valence-corrected chi connectivity index (χ2v) is 5.74. The van der Waals surface area contributed by atoms with Crippen molar-refractivity contribution >= 4 is 5.84 Å². The molecule has 1 saturated carbocycles. The maximum Gasteiger partial charge on any atom is 0.0924 e. The van der Waals surface area contributed by atoms with E-state index in [-0.39, 0.29) is 24.0 Å². The van der Waals surface area contributed by atoms with Gasteiger partial charge >= 0.3 is 0 Å². The molecule has 1 aromatic rings. The van der Waals surface area contributed by atoms with Gasteiger partial charge in [-0.15, -0.1) is 0 Å². The molecule has 0 spiro atoms. The van der Waals surface area contributed by atoms with E-state index in [0.29, 0.717) is 6.42 Å². The zero-order chi connectivity index (χ0) is 14.5. The Bertz CT molecular complexity index is 435. The second-order valence-electron chi connectivity index (χ2n) is 5.74. The Morgan fingerprint density at radius 2 is 2.00 bits per heavy atom.